The first-order valence-electron chi connectivity index (χ1n) is 9.00. The first-order chi connectivity index (χ1) is 13.4. The predicted octanol–water partition coefficient (Wildman–Crippen LogP) is 6.76. The van der Waals surface area contributed by atoms with Gasteiger partial charge in [-0.1, -0.05) is 6.58 Å². The topological polar surface area (TPSA) is 42.5 Å². The van der Waals surface area contributed by atoms with Crippen molar-refractivity contribution in [3.05, 3.63) is 72.6 Å². The number of anilines is 2. The fourth-order valence-corrected chi connectivity index (χ4v) is 2.39. The van der Waals surface area contributed by atoms with E-state index in [9.17, 15) is 13.2 Å². The van der Waals surface area contributed by atoms with Gasteiger partial charge in [-0.25, -0.2) is 0 Å². The Morgan fingerprint density at radius 2 is 1.38 bits per heavy atom. The zero-order chi connectivity index (χ0) is 21.7. The van der Waals surface area contributed by atoms with Crippen molar-refractivity contribution in [2.24, 2.45) is 0 Å². The molecule has 156 valence electrons. The lowest BCUT2D eigenvalue weighted by molar-refractivity contribution is -0.274. The molecule has 0 saturated heterocycles. The summed E-state index contributed by atoms with van der Waals surface area (Å²) in [7, 11) is 0. The Bertz CT molecular complexity index is 850. The number of alkyl halides is 3. The van der Waals surface area contributed by atoms with Gasteiger partial charge in [0.15, 0.2) is 0 Å². The van der Waals surface area contributed by atoms with Crippen molar-refractivity contribution in [1.29, 1.82) is 0 Å². The van der Waals surface area contributed by atoms with Crippen molar-refractivity contribution in [1.82, 2.24) is 0 Å². The van der Waals surface area contributed by atoms with Crippen molar-refractivity contribution in [2.45, 2.75) is 39.7 Å². The summed E-state index contributed by atoms with van der Waals surface area (Å²) in [5.74, 6) is 0.993. The van der Waals surface area contributed by atoms with Crippen LogP contribution in [0.3, 0.4) is 0 Å². The minimum atomic E-state index is -4.71. The van der Waals surface area contributed by atoms with Crippen LogP contribution in [0.5, 0.6) is 5.75 Å². The molecule has 2 rings (SSSR count). The van der Waals surface area contributed by atoms with Crippen molar-refractivity contribution in [3.8, 4) is 5.75 Å². The first-order valence-corrected chi connectivity index (χ1v) is 9.00. The van der Waals surface area contributed by atoms with E-state index in [2.05, 4.69) is 21.9 Å². The molecule has 0 fully saturated rings. The highest BCUT2D eigenvalue weighted by atomic mass is 19.4. The predicted molar refractivity (Wildman–Crippen MR) is 110 cm³/mol. The van der Waals surface area contributed by atoms with Crippen molar-refractivity contribution >= 4 is 17.1 Å². The van der Waals surface area contributed by atoms with E-state index in [4.69, 9.17) is 4.74 Å². The van der Waals surface area contributed by atoms with Gasteiger partial charge in [-0.05, 0) is 82.3 Å². The SMILES string of the molecule is C=C(OC(C)(C)C)c1ccc(N/C(=C/C)Nc2ccc(OC(F)(F)F)cc2)cc1. The Morgan fingerprint density at radius 3 is 1.79 bits per heavy atom. The van der Waals surface area contributed by atoms with E-state index in [1.54, 1.807) is 0 Å². The Kier molecular flexibility index (Phi) is 6.84. The van der Waals surface area contributed by atoms with Crippen LogP contribution in [0.25, 0.3) is 5.76 Å². The molecule has 0 radical (unpaired) electrons. The van der Waals surface area contributed by atoms with E-state index in [1.807, 2.05) is 58.0 Å². The summed E-state index contributed by atoms with van der Waals surface area (Å²) in [5.41, 5.74) is 2.00. The van der Waals surface area contributed by atoms with Gasteiger partial charge in [-0.3, -0.25) is 0 Å². The molecule has 0 aromatic heterocycles. The molecule has 0 heterocycles. The average molecular weight is 406 g/mol. The minimum Gasteiger partial charge on any atom is -0.488 e. The van der Waals surface area contributed by atoms with Gasteiger partial charge < -0.3 is 20.1 Å². The number of hydrogen-bond donors (Lipinski definition) is 2. The second-order valence-corrected chi connectivity index (χ2v) is 7.24. The fraction of sp³-hybridized carbons (Fsp3) is 0.273. The summed E-state index contributed by atoms with van der Waals surface area (Å²) in [6.45, 7) is 11.7. The number of halogens is 3. The number of allylic oxidation sites excluding steroid dienone is 1. The molecule has 2 aromatic carbocycles. The van der Waals surface area contributed by atoms with Crippen molar-refractivity contribution < 1.29 is 22.6 Å². The minimum absolute atomic E-state index is 0.272. The first kappa shape index (κ1) is 22.2. The van der Waals surface area contributed by atoms with Crippen LogP contribution in [0.15, 0.2) is 67.0 Å². The van der Waals surface area contributed by atoms with E-state index >= 15 is 0 Å². The lowest BCUT2D eigenvalue weighted by Crippen LogP contribution is -2.17. The monoisotopic (exact) mass is 406 g/mol. The van der Waals surface area contributed by atoms with E-state index in [0.717, 1.165) is 11.3 Å². The summed E-state index contributed by atoms with van der Waals surface area (Å²) in [4.78, 5) is 0. The van der Waals surface area contributed by atoms with Gasteiger partial charge in [0.2, 0.25) is 0 Å². The molecular formula is C22H25F3N2O2. The molecule has 2 aromatic rings. The molecule has 4 nitrogen and oxygen atoms in total. The molecule has 0 amide bonds. The second kappa shape index (κ2) is 8.94. The summed E-state index contributed by atoms with van der Waals surface area (Å²) in [5, 5.41) is 6.32. The highest BCUT2D eigenvalue weighted by Gasteiger charge is 2.30. The van der Waals surface area contributed by atoms with Gasteiger partial charge in [-0.2, -0.15) is 0 Å². The molecule has 0 aliphatic heterocycles. The Hall–Kier alpha value is -3.09. The van der Waals surface area contributed by atoms with Crippen LogP contribution in [0.2, 0.25) is 0 Å². The smallest absolute Gasteiger partial charge is 0.488 e. The van der Waals surface area contributed by atoms with E-state index in [-0.39, 0.29) is 11.4 Å². The average Bonchev–Trinajstić information content (AvgIpc) is 2.60. The maximum absolute atomic E-state index is 12.2. The molecular weight excluding hydrogens is 381 g/mol. The third kappa shape index (κ3) is 7.81. The number of rotatable bonds is 7. The molecule has 0 unspecified atom stereocenters. The summed E-state index contributed by atoms with van der Waals surface area (Å²) in [6, 6.07) is 13.1. The van der Waals surface area contributed by atoms with E-state index in [1.165, 1.54) is 24.3 Å². The van der Waals surface area contributed by atoms with Gasteiger partial charge in [0.25, 0.3) is 0 Å². The molecule has 0 aliphatic rings. The Morgan fingerprint density at radius 1 is 0.897 bits per heavy atom. The second-order valence-electron chi connectivity index (χ2n) is 7.24. The zero-order valence-electron chi connectivity index (χ0n) is 16.9. The molecule has 7 heteroatoms. The standard InChI is InChI=1S/C22H25F3N2O2/c1-6-20(27-18-11-13-19(14-12-18)29-22(23,24)25)26-17-9-7-16(8-10-17)15(2)28-21(3,4)5/h6-14,26-27H,2H2,1,3-5H3/b20-6-. The Labute approximate surface area is 169 Å². The molecule has 2 N–H and O–H groups in total. The van der Waals surface area contributed by atoms with Crippen LogP contribution < -0.4 is 15.4 Å². The maximum atomic E-state index is 12.2. The fourth-order valence-electron chi connectivity index (χ4n) is 2.39. The van der Waals surface area contributed by atoms with Gasteiger partial charge in [-0.15, -0.1) is 13.2 Å². The molecule has 0 spiro atoms. The molecule has 0 atom stereocenters. The van der Waals surface area contributed by atoms with Crippen LogP contribution >= 0.6 is 0 Å². The number of benzene rings is 2. The normalized spacial score (nSPS) is 12.3. The van der Waals surface area contributed by atoms with E-state index in [0.29, 0.717) is 17.3 Å². The lowest BCUT2D eigenvalue weighted by atomic mass is 10.1. The van der Waals surface area contributed by atoms with Gasteiger partial charge in [0.1, 0.15) is 22.9 Å². The van der Waals surface area contributed by atoms with Crippen LogP contribution in [0.4, 0.5) is 24.5 Å². The number of hydrogen-bond acceptors (Lipinski definition) is 4. The summed E-state index contributed by atoms with van der Waals surface area (Å²) < 4.78 is 46.3. The van der Waals surface area contributed by atoms with E-state index < -0.39 is 6.36 Å². The zero-order valence-corrected chi connectivity index (χ0v) is 16.9. The van der Waals surface area contributed by atoms with Crippen LogP contribution in [0.1, 0.15) is 33.3 Å². The van der Waals surface area contributed by atoms with Crippen LogP contribution in [-0.4, -0.2) is 12.0 Å². The molecule has 0 bridgehead atoms. The van der Waals surface area contributed by atoms with Gasteiger partial charge in [0.05, 0.1) is 0 Å². The van der Waals surface area contributed by atoms with Crippen molar-refractivity contribution in [3.63, 3.8) is 0 Å². The highest BCUT2D eigenvalue weighted by molar-refractivity contribution is 5.63. The molecule has 0 saturated carbocycles. The third-order valence-electron chi connectivity index (χ3n) is 3.57. The highest BCUT2D eigenvalue weighted by Crippen LogP contribution is 2.25. The summed E-state index contributed by atoms with van der Waals surface area (Å²) >= 11 is 0. The number of ether oxygens (including phenoxy) is 2. The number of nitrogens with one attached hydrogen (secondary N) is 2. The van der Waals surface area contributed by atoms with Gasteiger partial charge >= 0.3 is 6.36 Å². The molecule has 0 aliphatic carbocycles. The van der Waals surface area contributed by atoms with Crippen molar-refractivity contribution in [2.75, 3.05) is 10.6 Å². The van der Waals surface area contributed by atoms with Crippen LogP contribution in [0, 0.1) is 0 Å². The van der Waals surface area contributed by atoms with Crippen LogP contribution in [-0.2, 0) is 4.74 Å². The quantitative estimate of drug-likeness (QED) is 0.499. The largest absolute Gasteiger partial charge is 0.573 e. The Balaban J connectivity index is 1.99. The van der Waals surface area contributed by atoms with Gasteiger partial charge in [0, 0.05) is 16.9 Å². The molecule has 29 heavy (non-hydrogen) atoms. The summed E-state index contributed by atoms with van der Waals surface area (Å²) in [6.07, 6.45) is -2.89. The third-order valence-corrected chi connectivity index (χ3v) is 3.57. The maximum Gasteiger partial charge on any atom is 0.573 e. The lowest BCUT2D eigenvalue weighted by Gasteiger charge is -2.23.